The van der Waals surface area contributed by atoms with Gasteiger partial charge in [-0.2, -0.15) is 4.58 Å². The van der Waals surface area contributed by atoms with Crippen LogP contribution in [0.1, 0.15) is 5.56 Å². The minimum absolute atomic E-state index is 0.661. The minimum atomic E-state index is 0.661. The second-order valence-corrected chi connectivity index (χ2v) is 22.6. The van der Waals surface area contributed by atoms with Crippen LogP contribution in [0.5, 0.6) is 0 Å². The molecule has 0 fully saturated rings. The summed E-state index contributed by atoms with van der Waals surface area (Å²) in [6.45, 7) is 0. The number of fused-ring (bicyclic) bond motifs is 8. The third-order valence-corrected chi connectivity index (χ3v) is 17.0. The molecule has 0 bridgehead atoms. The Kier molecular flexibility index (Phi) is 13.4. The lowest BCUT2D eigenvalue weighted by molar-refractivity contribution is 1.07. The number of nitrogens with one attached hydrogen (secondary N) is 1. The third kappa shape index (κ3) is 10.2. The Morgan fingerprint density at radius 3 is 1.31 bits per heavy atom. The molecule has 10 aromatic carbocycles. The van der Waals surface area contributed by atoms with Gasteiger partial charge in [0, 0.05) is 119 Å². The number of thiophene rings is 2. The summed E-state index contributed by atoms with van der Waals surface area (Å²) in [7, 11) is 0. The molecule has 0 saturated carbocycles. The summed E-state index contributed by atoms with van der Waals surface area (Å²) in [5.41, 5.74) is 10.7. The van der Waals surface area contributed by atoms with Crippen LogP contribution in [-0.4, -0.2) is 41.1 Å². The highest BCUT2D eigenvalue weighted by molar-refractivity contribution is 9.10. The van der Waals surface area contributed by atoms with Gasteiger partial charge in [0.15, 0.2) is 41.2 Å². The highest BCUT2D eigenvalue weighted by atomic mass is 79.9. The number of aromatic nitrogens is 7. The maximum absolute atomic E-state index is 4.93. The zero-order valence-electron chi connectivity index (χ0n) is 43.4. The van der Waals surface area contributed by atoms with Crippen molar-refractivity contribution in [1.29, 1.82) is 0 Å². The first kappa shape index (κ1) is 49.6. The van der Waals surface area contributed by atoms with Crippen LogP contribution in [0.4, 0.5) is 11.4 Å². The fraction of sp³-hybridized carbons (Fsp3) is 0.0143. The minimum Gasteiger partial charge on any atom is -0.361 e. The Morgan fingerprint density at radius 2 is 0.790 bits per heavy atom. The van der Waals surface area contributed by atoms with Gasteiger partial charge in [0.05, 0.1) is 6.42 Å². The average molecular weight is 1140 g/mol. The summed E-state index contributed by atoms with van der Waals surface area (Å²) in [6, 6.07) is 85.3. The highest BCUT2D eigenvalue weighted by Crippen LogP contribution is 2.41. The van der Waals surface area contributed by atoms with E-state index in [4.69, 9.17) is 24.9 Å². The molecule has 0 spiro atoms. The lowest BCUT2D eigenvalue weighted by Gasteiger charge is -2.09. The maximum atomic E-state index is 4.93. The molecule has 0 saturated heterocycles. The van der Waals surface area contributed by atoms with Gasteiger partial charge in [-0.15, -0.1) is 22.7 Å². The van der Waals surface area contributed by atoms with Crippen LogP contribution < -0.4 is 4.58 Å². The van der Waals surface area contributed by atoms with Crippen molar-refractivity contribution in [3.63, 3.8) is 0 Å². The first-order valence-electron chi connectivity index (χ1n) is 26.6. The zero-order chi connectivity index (χ0) is 54.1. The van der Waals surface area contributed by atoms with Crippen molar-refractivity contribution in [1.82, 2.24) is 39.5 Å². The molecule has 16 rings (SSSR count). The second-order valence-electron chi connectivity index (χ2n) is 19.5. The number of rotatable bonds is 7. The smallest absolute Gasteiger partial charge is 0.216 e. The summed E-state index contributed by atoms with van der Waals surface area (Å²) in [5, 5.41) is 6.70. The number of benzene rings is 10. The van der Waals surface area contributed by atoms with Gasteiger partial charge in [0.2, 0.25) is 11.4 Å². The molecule has 384 valence electrons. The van der Waals surface area contributed by atoms with Gasteiger partial charge >= 0.3 is 0 Å². The Labute approximate surface area is 483 Å². The van der Waals surface area contributed by atoms with E-state index in [2.05, 4.69) is 140 Å². The maximum Gasteiger partial charge on any atom is 0.216 e. The predicted molar refractivity (Wildman–Crippen MR) is 342 cm³/mol. The molecule has 1 N–H and O–H groups in total. The van der Waals surface area contributed by atoms with Crippen molar-refractivity contribution in [2.75, 3.05) is 0 Å². The molecule has 0 aliphatic carbocycles. The fourth-order valence-corrected chi connectivity index (χ4v) is 12.9. The lowest BCUT2D eigenvalue weighted by Crippen LogP contribution is -2.02. The van der Waals surface area contributed by atoms with Crippen LogP contribution >= 0.6 is 38.6 Å². The molecule has 1 aliphatic rings. The van der Waals surface area contributed by atoms with E-state index in [0.717, 1.165) is 50.0 Å². The van der Waals surface area contributed by atoms with Gasteiger partial charge in [0.25, 0.3) is 0 Å². The van der Waals surface area contributed by atoms with Gasteiger partial charge in [-0.3, -0.25) is 0 Å². The van der Waals surface area contributed by atoms with E-state index in [1.54, 1.807) is 0 Å². The van der Waals surface area contributed by atoms with Crippen molar-refractivity contribution in [3.8, 4) is 68.3 Å². The molecule has 15 aromatic rings. The number of aromatic amines is 1. The van der Waals surface area contributed by atoms with Crippen LogP contribution in [0.15, 0.2) is 259 Å². The van der Waals surface area contributed by atoms with Gasteiger partial charge < -0.3 is 4.98 Å². The molecule has 0 amide bonds. The zero-order valence-corrected chi connectivity index (χ0v) is 46.6. The predicted octanol–water partition coefficient (Wildman–Crippen LogP) is 18.9. The molecular weight excluding hydrogens is 1100 g/mol. The third-order valence-electron chi connectivity index (χ3n) is 14.2. The Hall–Kier alpha value is -9.65. The standard InChI is InChI=1S/C35H23N4S.C21H14BrN3.C14H9NS/c1-3-10-23(11-4-1)33-36-34(24-12-5-2-6-13-24)38-35(37-33)26-14-9-15-27(20-26)39-19-18-25-21-29-28-16-7-8-17-31(28)40-32(29)22-30(25)39;22-18-13-7-12-17(14-18)21-24-19(15-8-3-1-4-9-15)23-20(25-21)16-10-5-2-6-11-16;1-2-4-13-10(3-1)11-7-9-5-6-15-12(9)8-14(11)16-13/h1-17,19-22H,18H2;1-14H;1-8,15H/q+1;;. The molecule has 11 heteroatoms. The van der Waals surface area contributed by atoms with E-state index in [-0.39, 0.29) is 0 Å². The van der Waals surface area contributed by atoms with Gasteiger partial charge in [0.1, 0.15) is 0 Å². The molecular formula is C70H46BrN8S2+. The molecule has 8 nitrogen and oxygen atoms in total. The first-order valence-corrected chi connectivity index (χ1v) is 29.0. The Morgan fingerprint density at radius 1 is 0.358 bits per heavy atom. The topological polar surface area (TPSA) is 96.1 Å². The van der Waals surface area contributed by atoms with Crippen LogP contribution in [0.3, 0.4) is 0 Å². The number of nitrogens with zero attached hydrogens (tertiary/aromatic N) is 7. The van der Waals surface area contributed by atoms with Crippen molar-refractivity contribution >= 4 is 107 Å². The number of H-pyrrole nitrogens is 1. The molecule has 5 aromatic heterocycles. The Balaban J connectivity index is 0.000000121. The Bertz CT molecular complexity index is 4690. The van der Waals surface area contributed by atoms with Gasteiger partial charge in [-0.25, -0.2) is 29.9 Å². The molecule has 81 heavy (non-hydrogen) atoms. The van der Waals surface area contributed by atoms with Crippen molar-refractivity contribution < 1.29 is 0 Å². The summed E-state index contributed by atoms with van der Waals surface area (Å²) >= 11 is 7.23. The van der Waals surface area contributed by atoms with Crippen LogP contribution in [-0.2, 0) is 6.42 Å². The van der Waals surface area contributed by atoms with E-state index < -0.39 is 0 Å². The summed E-state index contributed by atoms with van der Waals surface area (Å²) in [5.74, 6) is 4.00. The van der Waals surface area contributed by atoms with Gasteiger partial charge in [-0.05, 0) is 48.5 Å². The van der Waals surface area contributed by atoms with Crippen molar-refractivity contribution in [3.05, 3.63) is 265 Å². The molecule has 0 radical (unpaired) electrons. The monoisotopic (exact) mass is 1140 g/mol. The largest absolute Gasteiger partial charge is 0.361 e. The van der Waals surface area contributed by atoms with Crippen LogP contribution in [0.2, 0.25) is 0 Å². The number of hydrogen-bond donors (Lipinski definition) is 1. The quantitative estimate of drug-likeness (QED) is 0.160. The normalized spacial score (nSPS) is 11.8. The summed E-state index contributed by atoms with van der Waals surface area (Å²) in [4.78, 5) is 32.0. The highest BCUT2D eigenvalue weighted by Gasteiger charge is 2.27. The second kappa shape index (κ2) is 21.9. The number of halogens is 1. The molecule has 0 unspecified atom stereocenters. The van der Waals surface area contributed by atoms with E-state index in [1.807, 2.05) is 174 Å². The van der Waals surface area contributed by atoms with Crippen LogP contribution in [0, 0.1) is 0 Å². The van der Waals surface area contributed by atoms with Crippen molar-refractivity contribution in [2.24, 2.45) is 0 Å². The summed E-state index contributed by atoms with van der Waals surface area (Å²) in [6.07, 6.45) is 5.17. The van der Waals surface area contributed by atoms with E-state index >= 15 is 0 Å². The molecule has 0 atom stereocenters. The molecule has 6 heterocycles. The van der Waals surface area contributed by atoms with E-state index in [9.17, 15) is 0 Å². The van der Waals surface area contributed by atoms with Crippen molar-refractivity contribution in [2.45, 2.75) is 6.42 Å². The van der Waals surface area contributed by atoms with E-state index in [1.165, 1.54) is 62.5 Å². The number of hydrogen-bond acceptors (Lipinski definition) is 8. The lowest BCUT2D eigenvalue weighted by atomic mass is 10.1. The fourth-order valence-electron chi connectivity index (χ4n) is 10.3. The SMILES string of the molecule is Brc1cccc(-c2nc(-c3ccccc3)nc(-c3ccccc3)n2)c1.C1=[N+](c2cccc(-c3nc(-c4ccccc4)nc(-c4ccccc4)n3)c2)c2cc3sc4ccccc4c3cc2C1.c1ccc2c(c1)sc1cc3[nH]ccc3cc12. The van der Waals surface area contributed by atoms with Gasteiger partial charge in [-0.1, -0.05) is 198 Å². The van der Waals surface area contributed by atoms with E-state index in [0.29, 0.717) is 34.9 Å². The summed E-state index contributed by atoms with van der Waals surface area (Å²) < 4.78 is 8.67. The molecule has 1 aliphatic heterocycles. The first-order chi connectivity index (χ1) is 40.0. The van der Waals surface area contributed by atoms with Crippen LogP contribution in [0.25, 0.3) is 120 Å². The average Bonchev–Trinajstić information content (AvgIpc) is 4.51.